The fourth-order valence-corrected chi connectivity index (χ4v) is 2.54. The number of carbonyl (C=O) groups is 1. The van der Waals surface area contributed by atoms with E-state index < -0.39 is 0 Å². The molecule has 0 unspecified atom stereocenters. The Balaban J connectivity index is 1.61. The van der Waals surface area contributed by atoms with Crippen LogP contribution in [0.1, 0.15) is 16.7 Å². The van der Waals surface area contributed by atoms with E-state index in [0.29, 0.717) is 18.7 Å². The number of hydrogen-bond acceptors (Lipinski definition) is 2. The van der Waals surface area contributed by atoms with E-state index in [1.807, 2.05) is 41.2 Å². The summed E-state index contributed by atoms with van der Waals surface area (Å²) in [7, 11) is 0. The first-order valence-corrected chi connectivity index (χ1v) is 7.76. The third-order valence-electron chi connectivity index (χ3n) is 3.74. The molecule has 3 rings (SSSR count). The summed E-state index contributed by atoms with van der Waals surface area (Å²) in [5.41, 5.74) is 2.81. The van der Waals surface area contributed by atoms with Gasteiger partial charge in [-0.2, -0.15) is 5.10 Å². The second-order valence-corrected chi connectivity index (χ2v) is 5.56. The van der Waals surface area contributed by atoms with Gasteiger partial charge in [-0.3, -0.25) is 9.48 Å². The van der Waals surface area contributed by atoms with Crippen LogP contribution in [0.5, 0.6) is 0 Å². The number of nitrogens with one attached hydrogen (secondary N) is 1. The summed E-state index contributed by atoms with van der Waals surface area (Å²) in [6, 6.07) is 15.9. The molecule has 1 N–H and O–H groups in total. The molecule has 5 heteroatoms. The molecular formula is C19H18FN3O. The Labute approximate surface area is 139 Å². The van der Waals surface area contributed by atoms with Crippen molar-refractivity contribution < 1.29 is 9.18 Å². The monoisotopic (exact) mass is 323 g/mol. The quantitative estimate of drug-likeness (QED) is 0.758. The Bertz CT molecular complexity index is 815. The molecule has 3 aromatic rings. The van der Waals surface area contributed by atoms with Crippen LogP contribution in [0.4, 0.5) is 4.39 Å². The summed E-state index contributed by atoms with van der Waals surface area (Å²) in [5.74, 6) is -0.459. The average molecular weight is 323 g/mol. The van der Waals surface area contributed by atoms with Crippen molar-refractivity contribution in [3.05, 3.63) is 89.5 Å². The van der Waals surface area contributed by atoms with Crippen LogP contribution in [0.2, 0.25) is 0 Å². The lowest BCUT2D eigenvalue weighted by Gasteiger charge is -2.11. The lowest BCUT2D eigenvalue weighted by molar-refractivity contribution is -0.120. The molecule has 0 aliphatic carbocycles. The van der Waals surface area contributed by atoms with E-state index in [-0.39, 0.29) is 18.1 Å². The summed E-state index contributed by atoms with van der Waals surface area (Å²) in [4.78, 5) is 12.1. The summed E-state index contributed by atoms with van der Waals surface area (Å²) < 4.78 is 15.0. The fourth-order valence-electron chi connectivity index (χ4n) is 2.54. The maximum absolute atomic E-state index is 13.2. The smallest absolute Gasteiger partial charge is 0.224 e. The topological polar surface area (TPSA) is 46.9 Å². The Hall–Kier alpha value is -2.95. The molecule has 4 nitrogen and oxygen atoms in total. The molecule has 0 aliphatic heterocycles. The van der Waals surface area contributed by atoms with E-state index in [4.69, 9.17) is 0 Å². The molecule has 0 aliphatic rings. The second kappa shape index (κ2) is 7.55. The number of rotatable bonds is 6. The highest BCUT2D eigenvalue weighted by molar-refractivity contribution is 5.78. The number of carbonyl (C=O) groups excluding carboxylic acids is 1. The third-order valence-corrected chi connectivity index (χ3v) is 3.74. The number of amides is 1. The third kappa shape index (κ3) is 4.29. The van der Waals surface area contributed by atoms with Crippen LogP contribution in [0, 0.1) is 5.82 Å². The highest BCUT2D eigenvalue weighted by Gasteiger charge is 2.07. The van der Waals surface area contributed by atoms with Gasteiger partial charge in [0.15, 0.2) is 0 Å². The number of halogens is 1. The molecule has 1 amide bonds. The normalized spacial score (nSPS) is 10.5. The van der Waals surface area contributed by atoms with Crippen LogP contribution in [0.25, 0.3) is 0 Å². The molecule has 122 valence electrons. The number of nitrogens with zero attached hydrogens (tertiary/aromatic N) is 2. The Morgan fingerprint density at radius 3 is 2.67 bits per heavy atom. The van der Waals surface area contributed by atoms with Gasteiger partial charge in [0.05, 0.1) is 13.0 Å². The molecular weight excluding hydrogens is 305 g/mol. The van der Waals surface area contributed by atoms with Crippen LogP contribution in [-0.2, 0) is 24.3 Å². The van der Waals surface area contributed by atoms with Gasteiger partial charge in [0.2, 0.25) is 5.91 Å². The van der Waals surface area contributed by atoms with Gasteiger partial charge in [0.25, 0.3) is 0 Å². The van der Waals surface area contributed by atoms with Crippen molar-refractivity contribution in [2.45, 2.75) is 19.5 Å². The van der Waals surface area contributed by atoms with Crippen molar-refractivity contribution in [2.75, 3.05) is 0 Å². The molecule has 0 fully saturated rings. The first kappa shape index (κ1) is 15.9. The number of benzene rings is 2. The molecule has 1 aromatic heterocycles. The zero-order valence-electron chi connectivity index (χ0n) is 13.2. The Kier molecular flexibility index (Phi) is 5.01. The first-order chi connectivity index (χ1) is 11.7. The number of hydrogen-bond donors (Lipinski definition) is 1. The van der Waals surface area contributed by atoms with Crippen LogP contribution in [0.3, 0.4) is 0 Å². The average Bonchev–Trinajstić information content (AvgIpc) is 3.07. The van der Waals surface area contributed by atoms with E-state index >= 15 is 0 Å². The van der Waals surface area contributed by atoms with Gasteiger partial charge in [-0.25, -0.2) is 4.39 Å². The predicted molar refractivity (Wildman–Crippen MR) is 89.7 cm³/mol. The van der Waals surface area contributed by atoms with Gasteiger partial charge < -0.3 is 5.32 Å². The molecule has 0 atom stereocenters. The molecule has 1 heterocycles. The molecule has 0 saturated heterocycles. The lowest BCUT2D eigenvalue weighted by atomic mass is 10.1. The van der Waals surface area contributed by atoms with Gasteiger partial charge >= 0.3 is 0 Å². The molecule has 2 aromatic carbocycles. The number of aromatic nitrogens is 2. The zero-order chi connectivity index (χ0) is 16.8. The van der Waals surface area contributed by atoms with Gasteiger partial charge in [-0.15, -0.1) is 0 Å². The highest BCUT2D eigenvalue weighted by Crippen LogP contribution is 2.11. The summed E-state index contributed by atoms with van der Waals surface area (Å²) in [5, 5.41) is 7.10. The van der Waals surface area contributed by atoms with Gasteiger partial charge in [-0.1, -0.05) is 36.4 Å². The first-order valence-electron chi connectivity index (χ1n) is 7.76. The van der Waals surface area contributed by atoms with Crippen molar-refractivity contribution >= 4 is 5.91 Å². The van der Waals surface area contributed by atoms with E-state index in [1.54, 1.807) is 18.3 Å². The maximum Gasteiger partial charge on any atom is 0.224 e. The summed E-state index contributed by atoms with van der Waals surface area (Å²) >= 11 is 0. The maximum atomic E-state index is 13.2. The standard InChI is InChI=1S/C19H18FN3O/c20-18-8-3-5-15(11-18)12-19(24)21-13-16-6-1-2-7-17(16)14-23-10-4-9-22-23/h1-11H,12-14H2,(H,21,24). The van der Waals surface area contributed by atoms with E-state index in [0.717, 1.165) is 11.1 Å². The summed E-state index contributed by atoms with van der Waals surface area (Å²) in [6.07, 6.45) is 3.81. The van der Waals surface area contributed by atoms with Gasteiger partial charge in [0.1, 0.15) is 5.82 Å². The zero-order valence-corrected chi connectivity index (χ0v) is 13.2. The van der Waals surface area contributed by atoms with Crippen molar-refractivity contribution in [1.29, 1.82) is 0 Å². The molecule has 0 radical (unpaired) electrons. The fraction of sp³-hybridized carbons (Fsp3) is 0.158. The van der Waals surface area contributed by atoms with E-state index in [9.17, 15) is 9.18 Å². The molecule has 0 bridgehead atoms. The minimum Gasteiger partial charge on any atom is -0.352 e. The van der Waals surface area contributed by atoms with Crippen LogP contribution >= 0.6 is 0 Å². The van der Waals surface area contributed by atoms with Crippen molar-refractivity contribution in [3.8, 4) is 0 Å². The van der Waals surface area contributed by atoms with Crippen molar-refractivity contribution in [1.82, 2.24) is 15.1 Å². The van der Waals surface area contributed by atoms with Crippen LogP contribution < -0.4 is 5.32 Å². The predicted octanol–water partition coefficient (Wildman–Crippen LogP) is 2.93. The second-order valence-electron chi connectivity index (χ2n) is 5.56. The van der Waals surface area contributed by atoms with Gasteiger partial charge in [-0.05, 0) is 34.9 Å². The SMILES string of the molecule is O=C(Cc1cccc(F)c1)NCc1ccccc1Cn1cccn1. The lowest BCUT2D eigenvalue weighted by Crippen LogP contribution is -2.25. The van der Waals surface area contributed by atoms with E-state index in [1.165, 1.54) is 12.1 Å². The minimum atomic E-state index is -0.329. The molecule has 0 saturated carbocycles. The largest absolute Gasteiger partial charge is 0.352 e. The highest BCUT2D eigenvalue weighted by atomic mass is 19.1. The van der Waals surface area contributed by atoms with Crippen LogP contribution in [-0.4, -0.2) is 15.7 Å². The Morgan fingerprint density at radius 1 is 1.08 bits per heavy atom. The van der Waals surface area contributed by atoms with Crippen molar-refractivity contribution in [2.24, 2.45) is 0 Å². The van der Waals surface area contributed by atoms with E-state index in [2.05, 4.69) is 10.4 Å². The van der Waals surface area contributed by atoms with Gasteiger partial charge in [0, 0.05) is 18.9 Å². The molecule has 0 spiro atoms. The minimum absolute atomic E-state index is 0.130. The molecule has 24 heavy (non-hydrogen) atoms. The van der Waals surface area contributed by atoms with Crippen LogP contribution in [0.15, 0.2) is 67.0 Å². The Morgan fingerprint density at radius 2 is 1.92 bits per heavy atom. The van der Waals surface area contributed by atoms with Crippen molar-refractivity contribution in [3.63, 3.8) is 0 Å². The summed E-state index contributed by atoms with van der Waals surface area (Å²) in [6.45, 7) is 1.09.